The molecule has 1 amide bonds. The van der Waals surface area contributed by atoms with Gasteiger partial charge in [-0.1, -0.05) is 17.7 Å². The van der Waals surface area contributed by atoms with Gasteiger partial charge in [0, 0.05) is 29.8 Å². The Morgan fingerprint density at radius 2 is 2.33 bits per heavy atom. The molecular weight excluding hydrogens is 232 g/mol. The van der Waals surface area contributed by atoms with Crippen molar-refractivity contribution in [3.8, 4) is 0 Å². The van der Waals surface area contributed by atoms with E-state index in [-0.39, 0.29) is 5.91 Å². The quantitative estimate of drug-likeness (QED) is 0.630. The highest BCUT2D eigenvalue weighted by Gasteiger charge is 2.06. The van der Waals surface area contributed by atoms with Crippen LogP contribution in [0.3, 0.4) is 0 Å². The van der Waals surface area contributed by atoms with Crippen molar-refractivity contribution in [2.75, 3.05) is 18.5 Å². The number of nitrogens with two attached hydrogens (primary N) is 1. The number of benzene rings is 1. The third-order valence-electron chi connectivity index (χ3n) is 1.85. The highest BCUT2D eigenvalue weighted by Crippen LogP contribution is 2.32. The van der Waals surface area contributed by atoms with Crippen LogP contribution in [0.4, 0.5) is 5.69 Å². The summed E-state index contributed by atoms with van der Waals surface area (Å²) in [6.07, 6.45) is 0.464. The zero-order chi connectivity index (χ0) is 11.3. The number of rotatable bonds is 4. The minimum atomic E-state index is 0.0214. The molecule has 3 N–H and O–H groups in total. The molecule has 1 aromatic carbocycles. The lowest BCUT2D eigenvalue weighted by molar-refractivity contribution is -0.120. The molecule has 82 valence electrons. The van der Waals surface area contributed by atoms with Gasteiger partial charge in [0.05, 0.1) is 5.02 Å². The van der Waals surface area contributed by atoms with E-state index >= 15 is 0 Å². The largest absolute Gasteiger partial charge is 0.398 e. The number of nitrogens with one attached hydrogen (secondary N) is 1. The van der Waals surface area contributed by atoms with Gasteiger partial charge in [-0.05, 0) is 12.1 Å². The summed E-state index contributed by atoms with van der Waals surface area (Å²) in [6.45, 7) is 0. The standard InChI is InChI=1S/C10H13ClN2OS/c1-13-9(14)5-6-15-10-7(11)3-2-4-8(10)12/h2-4H,5-6,12H2,1H3,(H,13,14). The molecule has 1 rings (SSSR count). The molecule has 0 saturated heterocycles. The molecule has 0 fully saturated rings. The van der Waals surface area contributed by atoms with Crippen LogP contribution in [0.5, 0.6) is 0 Å². The minimum absolute atomic E-state index is 0.0214. The van der Waals surface area contributed by atoms with E-state index in [9.17, 15) is 4.79 Å². The van der Waals surface area contributed by atoms with Crippen LogP contribution in [0.2, 0.25) is 5.02 Å². The van der Waals surface area contributed by atoms with Gasteiger partial charge >= 0.3 is 0 Å². The summed E-state index contributed by atoms with van der Waals surface area (Å²) in [4.78, 5) is 11.8. The van der Waals surface area contributed by atoms with Crippen molar-refractivity contribution in [1.29, 1.82) is 0 Å². The van der Waals surface area contributed by atoms with E-state index < -0.39 is 0 Å². The van der Waals surface area contributed by atoms with E-state index in [4.69, 9.17) is 17.3 Å². The van der Waals surface area contributed by atoms with Crippen LogP contribution in [0.25, 0.3) is 0 Å². The van der Waals surface area contributed by atoms with Crippen LogP contribution in [-0.2, 0) is 4.79 Å². The number of thioether (sulfide) groups is 1. The zero-order valence-corrected chi connectivity index (χ0v) is 9.99. The van der Waals surface area contributed by atoms with E-state index in [1.165, 1.54) is 11.8 Å². The maximum absolute atomic E-state index is 11.0. The van der Waals surface area contributed by atoms with Gasteiger partial charge in [0.25, 0.3) is 0 Å². The molecule has 15 heavy (non-hydrogen) atoms. The monoisotopic (exact) mass is 244 g/mol. The third kappa shape index (κ3) is 3.64. The summed E-state index contributed by atoms with van der Waals surface area (Å²) in [7, 11) is 1.62. The molecule has 0 saturated carbocycles. The van der Waals surface area contributed by atoms with Crippen molar-refractivity contribution in [3.63, 3.8) is 0 Å². The van der Waals surface area contributed by atoms with Crippen LogP contribution < -0.4 is 11.1 Å². The fourth-order valence-corrected chi connectivity index (χ4v) is 2.33. The molecule has 0 aliphatic rings. The van der Waals surface area contributed by atoms with Gasteiger partial charge in [-0.3, -0.25) is 4.79 Å². The Hall–Kier alpha value is -0.870. The summed E-state index contributed by atoms with van der Waals surface area (Å²) in [5.74, 6) is 0.696. The zero-order valence-electron chi connectivity index (χ0n) is 8.42. The lowest BCUT2D eigenvalue weighted by Crippen LogP contribution is -2.17. The van der Waals surface area contributed by atoms with Gasteiger partial charge in [0.15, 0.2) is 0 Å². The SMILES string of the molecule is CNC(=O)CCSc1c(N)cccc1Cl. The van der Waals surface area contributed by atoms with Crippen LogP contribution in [0.1, 0.15) is 6.42 Å². The summed E-state index contributed by atoms with van der Waals surface area (Å²) in [5, 5.41) is 3.20. The highest BCUT2D eigenvalue weighted by atomic mass is 35.5. The van der Waals surface area contributed by atoms with Gasteiger partial charge in [-0.15, -0.1) is 11.8 Å². The average Bonchev–Trinajstić information content (AvgIpc) is 2.22. The molecule has 3 nitrogen and oxygen atoms in total. The van der Waals surface area contributed by atoms with Gasteiger partial charge in [0.1, 0.15) is 0 Å². The third-order valence-corrected chi connectivity index (χ3v) is 3.43. The summed E-state index contributed by atoms with van der Waals surface area (Å²) >= 11 is 7.48. The van der Waals surface area contributed by atoms with Crippen molar-refractivity contribution < 1.29 is 4.79 Å². The Kier molecular flexibility index (Phi) is 4.78. The van der Waals surface area contributed by atoms with Gasteiger partial charge < -0.3 is 11.1 Å². The second kappa shape index (κ2) is 5.88. The molecular formula is C10H13ClN2OS. The lowest BCUT2D eigenvalue weighted by atomic mass is 10.3. The number of hydrogen-bond acceptors (Lipinski definition) is 3. The molecule has 0 aliphatic carbocycles. The summed E-state index contributed by atoms with van der Waals surface area (Å²) < 4.78 is 0. The van der Waals surface area contributed by atoms with E-state index in [0.717, 1.165) is 4.90 Å². The Morgan fingerprint density at radius 3 is 2.93 bits per heavy atom. The number of carbonyl (C=O) groups excluding carboxylic acids is 1. The molecule has 0 unspecified atom stereocenters. The first kappa shape index (κ1) is 12.2. The number of hydrogen-bond donors (Lipinski definition) is 2. The first-order valence-electron chi connectivity index (χ1n) is 4.52. The van der Waals surface area contributed by atoms with Crippen LogP contribution in [0.15, 0.2) is 23.1 Å². The van der Waals surface area contributed by atoms with Gasteiger partial charge in [-0.2, -0.15) is 0 Å². The van der Waals surface area contributed by atoms with Crippen LogP contribution in [-0.4, -0.2) is 18.7 Å². The average molecular weight is 245 g/mol. The van der Waals surface area contributed by atoms with Gasteiger partial charge in [-0.25, -0.2) is 0 Å². The predicted octanol–water partition coefficient (Wildman–Crippen LogP) is 2.15. The molecule has 0 heterocycles. The normalized spacial score (nSPS) is 10.0. The van der Waals surface area contributed by atoms with E-state index in [1.807, 2.05) is 0 Å². The lowest BCUT2D eigenvalue weighted by Gasteiger charge is -2.06. The molecule has 0 atom stereocenters. The molecule has 0 aliphatic heterocycles. The molecule has 5 heteroatoms. The van der Waals surface area contributed by atoms with Crippen molar-refractivity contribution in [1.82, 2.24) is 5.32 Å². The summed E-state index contributed by atoms with van der Waals surface area (Å²) in [6, 6.07) is 5.40. The number of anilines is 1. The Morgan fingerprint density at radius 1 is 1.60 bits per heavy atom. The first-order valence-corrected chi connectivity index (χ1v) is 5.89. The van der Waals surface area contributed by atoms with E-state index in [2.05, 4.69) is 5.32 Å². The molecule has 1 aromatic rings. The molecule has 0 bridgehead atoms. The van der Waals surface area contributed by atoms with Gasteiger partial charge in [0.2, 0.25) is 5.91 Å². The predicted molar refractivity (Wildman–Crippen MR) is 65.3 cm³/mol. The molecule has 0 spiro atoms. The second-order valence-corrected chi connectivity index (χ2v) is 4.44. The minimum Gasteiger partial charge on any atom is -0.398 e. The highest BCUT2D eigenvalue weighted by molar-refractivity contribution is 7.99. The second-order valence-electron chi connectivity index (χ2n) is 2.93. The van der Waals surface area contributed by atoms with Crippen molar-refractivity contribution in [2.24, 2.45) is 0 Å². The Balaban J connectivity index is 2.54. The van der Waals surface area contributed by atoms with Crippen LogP contribution in [0, 0.1) is 0 Å². The fraction of sp³-hybridized carbons (Fsp3) is 0.300. The Bertz CT molecular complexity index is 337. The first-order chi connectivity index (χ1) is 7.15. The molecule has 0 aromatic heterocycles. The fourth-order valence-electron chi connectivity index (χ4n) is 1.05. The topological polar surface area (TPSA) is 55.1 Å². The molecule has 0 radical (unpaired) electrons. The summed E-state index contributed by atoms with van der Waals surface area (Å²) in [5.41, 5.74) is 6.42. The van der Waals surface area contributed by atoms with Crippen LogP contribution >= 0.6 is 23.4 Å². The number of halogens is 1. The maximum Gasteiger partial charge on any atom is 0.220 e. The van der Waals surface area contributed by atoms with Crippen molar-refractivity contribution in [3.05, 3.63) is 23.2 Å². The number of nitrogen functional groups attached to an aromatic ring is 1. The smallest absolute Gasteiger partial charge is 0.220 e. The van der Waals surface area contributed by atoms with Crippen molar-refractivity contribution >= 4 is 35.0 Å². The van der Waals surface area contributed by atoms with E-state index in [1.54, 1.807) is 25.2 Å². The number of amides is 1. The van der Waals surface area contributed by atoms with Crippen molar-refractivity contribution in [2.45, 2.75) is 11.3 Å². The maximum atomic E-state index is 11.0. The number of carbonyl (C=O) groups is 1. The Labute approximate surface area is 98.4 Å². The van der Waals surface area contributed by atoms with E-state index in [0.29, 0.717) is 22.9 Å².